The van der Waals surface area contributed by atoms with Gasteiger partial charge in [0.2, 0.25) is 0 Å². The molecule has 2 heterocycles. The van der Waals surface area contributed by atoms with E-state index >= 15 is 0 Å². The van der Waals surface area contributed by atoms with Crippen LogP contribution in [-0.4, -0.2) is 16.6 Å². The number of fused-ring (bicyclic) bond motifs is 1. The van der Waals surface area contributed by atoms with Crippen LogP contribution in [-0.2, 0) is 6.54 Å². The lowest BCUT2D eigenvalue weighted by atomic mass is 10.1. The highest BCUT2D eigenvalue weighted by Crippen LogP contribution is 2.33. The van der Waals surface area contributed by atoms with Gasteiger partial charge in [-0.2, -0.15) is 14.0 Å². The van der Waals surface area contributed by atoms with Crippen molar-refractivity contribution in [3.63, 3.8) is 0 Å². The van der Waals surface area contributed by atoms with Crippen LogP contribution in [0.4, 0.5) is 18.9 Å². The third-order valence-corrected chi connectivity index (χ3v) is 3.82. The number of rotatable bonds is 5. The maximum atomic E-state index is 14.0. The van der Waals surface area contributed by atoms with E-state index in [1.165, 1.54) is 30.5 Å². The standard InChI is InChI=1S/C17H10ClF3N4O/c18-12-3-4-13(19)16-14(12)15(9(5-22)6-24-16)25-7-10-1-2-11(8-23-10)26-17(20)21/h1-4,6,8,17H,7H2,(H,24,25). The van der Waals surface area contributed by atoms with Crippen LogP contribution in [0.3, 0.4) is 0 Å². The Kier molecular flexibility index (Phi) is 5.09. The first-order valence-corrected chi connectivity index (χ1v) is 7.68. The molecular formula is C17H10ClF3N4O. The number of anilines is 1. The molecule has 0 aliphatic carbocycles. The summed E-state index contributed by atoms with van der Waals surface area (Å²) in [5.41, 5.74) is 1.03. The predicted molar refractivity (Wildman–Crippen MR) is 89.6 cm³/mol. The summed E-state index contributed by atoms with van der Waals surface area (Å²) in [5.74, 6) is -0.635. The minimum atomic E-state index is -2.93. The van der Waals surface area contributed by atoms with Crippen LogP contribution < -0.4 is 10.1 Å². The van der Waals surface area contributed by atoms with E-state index in [2.05, 4.69) is 20.0 Å². The van der Waals surface area contributed by atoms with Gasteiger partial charge in [-0.1, -0.05) is 11.6 Å². The first-order valence-electron chi connectivity index (χ1n) is 7.30. The Bertz CT molecular complexity index is 990. The van der Waals surface area contributed by atoms with Gasteiger partial charge in [0.25, 0.3) is 0 Å². The number of nitriles is 1. The summed E-state index contributed by atoms with van der Waals surface area (Å²) in [6.45, 7) is -2.78. The lowest BCUT2D eigenvalue weighted by Gasteiger charge is -2.13. The van der Waals surface area contributed by atoms with Gasteiger partial charge in [0.1, 0.15) is 23.2 Å². The number of hydrogen-bond donors (Lipinski definition) is 1. The fourth-order valence-corrected chi connectivity index (χ4v) is 2.62. The fourth-order valence-electron chi connectivity index (χ4n) is 2.37. The molecule has 132 valence electrons. The molecule has 0 saturated carbocycles. The van der Waals surface area contributed by atoms with Gasteiger partial charge < -0.3 is 10.1 Å². The molecule has 0 aliphatic heterocycles. The molecule has 9 heteroatoms. The van der Waals surface area contributed by atoms with E-state index in [9.17, 15) is 18.4 Å². The minimum absolute atomic E-state index is 0.0349. The zero-order valence-corrected chi connectivity index (χ0v) is 13.8. The van der Waals surface area contributed by atoms with E-state index in [-0.39, 0.29) is 33.8 Å². The van der Waals surface area contributed by atoms with Crippen molar-refractivity contribution in [2.24, 2.45) is 0 Å². The van der Waals surface area contributed by atoms with Crippen LogP contribution in [0, 0.1) is 17.1 Å². The molecule has 26 heavy (non-hydrogen) atoms. The highest BCUT2D eigenvalue weighted by atomic mass is 35.5. The Balaban J connectivity index is 1.91. The highest BCUT2D eigenvalue weighted by Gasteiger charge is 2.15. The third-order valence-electron chi connectivity index (χ3n) is 3.51. The van der Waals surface area contributed by atoms with Crippen molar-refractivity contribution >= 4 is 28.2 Å². The van der Waals surface area contributed by atoms with Crippen molar-refractivity contribution in [3.8, 4) is 11.8 Å². The number of nitrogens with one attached hydrogen (secondary N) is 1. The van der Waals surface area contributed by atoms with Crippen LogP contribution in [0.15, 0.2) is 36.7 Å². The second kappa shape index (κ2) is 7.45. The Morgan fingerprint density at radius 1 is 1.19 bits per heavy atom. The van der Waals surface area contributed by atoms with Crippen molar-refractivity contribution in [2.45, 2.75) is 13.2 Å². The van der Waals surface area contributed by atoms with Gasteiger partial charge in [-0.3, -0.25) is 9.97 Å². The van der Waals surface area contributed by atoms with Gasteiger partial charge in [0, 0.05) is 11.6 Å². The molecule has 0 unspecified atom stereocenters. The quantitative estimate of drug-likeness (QED) is 0.707. The number of halogens is 4. The normalized spacial score (nSPS) is 10.8. The first-order chi connectivity index (χ1) is 12.5. The largest absolute Gasteiger partial charge is 0.433 e. The van der Waals surface area contributed by atoms with Gasteiger partial charge in [-0.25, -0.2) is 4.39 Å². The Morgan fingerprint density at radius 3 is 2.65 bits per heavy atom. The molecule has 1 aromatic carbocycles. The van der Waals surface area contributed by atoms with Gasteiger partial charge in [0.05, 0.1) is 34.7 Å². The Labute approximate surface area is 151 Å². The minimum Gasteiger partial charge on any atom is -0.433 e. The molecule has 0 atom stereocenters. The molecule has 2 aromatic heterocycles. The number of aromatic nitrogens is 2. The molecule has 0 radical (unpaired) electrons. The van der Waals surface area contributed by atoms with Crippen molar-refractivity contribution in [2.75, 3.05) is 5.32 Å². The van der Waals surface area contributed by atoms with E-state index in [1.54, 1.807) is 0 Å². The van der Waals surface area contributed by atoms with Crippen LogP contribution in [0.5, 0.6) is 5.75 Å². The van der Waals surface area contributed by atoms with E-state index in [0.29, 0.717) is 11.4 Å². The summed E-state index contributed by atoms with van der Waals surface area (Å²) < 4.78 is 42.5. The monoisotopic (exact) mass is 378 g/mol. The molecule has 3 aromatic rings. The van der Waals surface area contributed by atoms with Crippen molar-refractivity contribution in [1.29, 1.82) is 5.26 Å². The van der Waals surface area contributed by atoms with Gasteiger partial charge in [-0.15, -0.1) is 0 Å². The molecule has 5 nitrogen and oxygen atoms in total. The molecule has 0 saturated heterocycles. The zero-order chi connectivity index (χ0) is 18.7. The van der Waals surface area contributed by atoms with Crippen LogP contribution >= 0.6 is 11.6 Å². The first kappa shape index (κ1) is 17.8. The number of hydrogen-bond acceptors (Lipinski definition) is 5. The van der Waals surface area contributed by atoms with Gasteiger partial charge in [-0.05, 0) is 24.3 Å². The lowest BCUT2D eigenvalue weighted by molar-refractivity contribution is -0.0500. The van der Waals surface area contributed by atoms with Crippen LogP contribution in [0.25, 0.3) is 10.9 Å². The summed E-state index contributed by atoms with van der Waals surface area (Å²) in [7, 11) is 0. The van der Waals surface area contributed by atoms with E-state index in [4.69, 9.17) is 11.6 Å². The van der Waals surface area contributed by atoms with E-state index in [1.807, 2.05) is 6.07 Å². The van der Waals surface area contributed by atoms with Crippen molar-refractivity contribution < 1.29 is 17.9 Å². The number of ether oxygens (including phenoxy) is 1. The summed E-state index contributed by atoms with van der Waals surface area (Å²) in [6.07, 6.45) is 2.41. The van der Waals surface area contributed by atoms with Crippen molar-refractivity contribution in [1.82, 2.24) is 9.97 Å². The van der Waals surface area contributed by atoms with E-state index in [0.717, 1.165) is 6.20 Å². The summed E-state index contributed by atoms with van der Waals surface area (Å²) in [4.78, 5) is 7.94. The topological polar surface area (TPSA) is 70.8 Å². The lowest BCUT2D eigenvalue weighted by Crippen LogP contribution is -2.06. The van der Waals surface area contributed by atoms with Gasteiger partial charge >= 0.3 is 6.61 Å². The maximum Gasteiger partial charge on any atom is 0.387 e. The number of pyridine rings is 2. The molecule has 0 fully saturated rings. The Hall–Kier alpha value is -3.05. The summed E-state index contributed by atoms with van der Waals surface area (Å²) in [6, 6.07) is 7.37. The fraction of sp³-hybridized carbons (Fsp3) is 0.118. The second-order valence-corrected chi connectivity index (χ2v) is 5.54. The maximum absolute atomic E-state index is 14.0. The molecular weight excluding hydrogens is 369 g/mol. The predicted octanol–water partition coefficient (Wildman–Crippen LogP) is 4.51. The SMILES string of the molecule is N#Cc1cnc2c(F)ccc(Cl)c2c1NCc1ccc(OC(F)F)cn1. The van der Waals surface area contributed by atoms with Crippen LogP contribution in [0.1, 0.15) is 11.3 Å². The molecule has 0 aliphatic rings. The third kappa shape index (κ3) is 3.63. The van der Waals surface area contributed by atoms with E-state index < -0.39 is 12.4 Å². The smallest absolute Gasteiger partial charge is 0.387 e. The second-order valence-electron chi connectivity index (χ2n) is 5.13. The molecule has 1 N–H and O–H groups in total. The van der Waals surface area contributed by atoms with Gasteiger partial charge in [0.15, 0.2) is 0 Å². The summed E-state index contributed by atoms with van der Waals surface area (Å²) in [5, 5.41) is 12.8. The molecule has 3 rings (SSSR count). The number of nitrogens with zero attached hydrogens (tertiary/aromatic N) is 3. The van der Waals surface area contributed by atoms with Crippen molar-refractivity contribution in [3.05, 3.63) is 58.8 Å². The zero-order valence-electron chi connectivity index (χ0n) is 13.0. The average Bonchev–Trinajstić information content (AvgIpc) is 2.63. The Morgan fingerprint density at radius 2 is 2.00 bits per heavy atom. The molecule has 0 spiro atoms. The number of benzene rings is 1. The highest BCUT2D eigenvalue weighted by molar-refractivity contribution is 6.36. The average molecular weight is 379 g/mol. The number of alkyl halides is 2. The summed E-state index contributed by atoms with van der Waals surface area (Å²) >= 11 is 6.15. The van der Waals surface area contributed by atoms with Crippen LogP contribution in [0.2, 0.25) is 5.02 Å². The molecule has 0 bridgehead atoms. The molecule has 0 amide bonds.